The van der Waals surface area contributed by atoms with Gasteiger partial charge in [-0.05, 0) is 36.8 Å². The lowest BCUT2D eigenvalue weighted by molar-refractivity contribution is 0.372. The molecule has 5 heteroatoms. The maximum absolute atomic E-state index is 13.5. The van der Waals surface area contributed by atoms with Gasteiger partial charge in [0.25, 0.3) is 0 Å². The monoisotopic (exact) mass is 271 g/mol. The Kier molecular flexibility index (Phi) is 3.47. The first-order valence-electron chi connectivity index (χ1n) is 6.07. The molecule has 1 saturated carbocycles. The Balaban J connectivity index is 2.17. The van der Waals surface area contributed by atoms with E-state index >= 15 is 0 Å². The third kappa shape index (κ3) is 2.90. The molecule has 0 aliphatic heterocycles. The van der Waals surface area contributed by atoms with Crippen molar-refractivity contribution in [3.63, 3.8) is 0 Å². The number of rotatable bonds is 3. The molecule has 1 aliphatic rings. The Bertz CT molecular complexity index is 540. The molecule has 0 saturated heterocycles. The lowest BCUT2D eigenvalue weighted by atomic mass is 9.92. The van der Waals surface area contributed by atoms with Crippen LogP contribution in [0.25, 0.3) is 0 Å². The molecule has 0 spiro atoms. The van der Waals surface area contributed by atoms with Gasteiger partial charge in [0.05, 0.1) is 0 Å². The highest BCUT2D eigenvalue weighted by Crippen LogP contribution is 2.37. The Morgan fingerprint density at radius 1 is 1.33 bits per heavy atom. The highest BCUT2D eigenvalue weighted by molar-refractivity contribution is 7.89. The normalized spacial score (nSPS) is 23.2. The summed E-state index contributed by atoms with van der Waals surface area (Å²) in [5, 5.41) is 0. The smallest absolute Gasteiger partial charge is 0.208 e. The van der Waals surface area contributed by atoms with Crippen LogP contribution in [0.2, 0.25) is 0 Å². The quantitative estimate of drug-likeness (QED) is 0.918. The Hall–Kier alpha value is -0.940. The summed E-state index contributed by atoms with van der Waals surface area (Å²) < 4.78 is 40.2. The molecule has 1 N–H and O–H groups in total. The lowest BCUT2D eigenvalue weighted by Crippen LogP contribution is -2.34. The van der Waals surface area contributed by atoms with Gasteiger partial charge >= 0.3 is 0 Å². The molecule has 0 heterocycles. The fraction of sp³-hybridized carbons (Fsp3) is 0.538. The molecule has 1 atom stereocenters. The first kappa shape index (κ1) is 13.5. The van der Waals surface area contributed by atoms with Crippen molar-refractivity contribution < 1.29 is 12.8 Å². The van der Waals surface area contributed by atoms with Crippen molar-refractivity contribution >= 4 is 10.0 Å². The number of hydrogen-bond acceptors (Lipinski definition) is 2. The van der Waals surface area contributed by atoms with Crippen molar-refractivity contribution in [2.75, 3.05) is 0 Å². The first-order valence-corrected chi connectivity index (χ1v) is 7.55. The van der Waals surface area contributed by atoms with Gasteiger partial charge in [-0.2, -0.15) is 0 Å². The van der Waals surface area contributed by atoms with Gasteiger partial charge in [-0.25, -0.2) is 17.5 Å². The van der Waals surface area contributed by atoms with Crippen LogP contribution in [0, 0.1) is 11.2 Å². The third-order valence-electron chi connectivity index (χ3n) is 3.42. The average molecular weight is 271 g/mol. The van der Waals surface area contributed by atoms with E-state index in [9.17, 15) is 12.8 Å². The summed E-state index contributed by atoms with van der Waals surface area (Å²) in [6.45, 7) is 4.23. The van der Waals surface area contributed by atoms with Crippen molar-refractivity contribution in [2.45, 2.75) is 44.0 Å². The van der Waals surface area contributed by atoms with Gasteiger partial charge in [-0.3, -0.25) is 0 Å². The second kappa shape index (κ2) is 4.63. The highest BCUT2D eigenvalue weighted by Gasteiger charge is 2.34. The minimum absolute atomic E-state index is 0.0930. The molecule has 2 rings (SSSR count). The van der Waals surface area contributed by atoms with Crippen LogP contribution >= 0.6 is 0 Å². The van der Waals surface area contributed by atoms with E-state index in [1.807, 2.05) is 0 Å². The van der Waals surface area contributed by atoms with E-state index in [1.54, 1.807) is 0 Å². The molecule has 1 unspecified atom stereocenters. The van der Waals surface area contributed by atoms with Crippen LogP contribution in [-0.2, 0) is 10.0 Å². The number of benzene rings is 1. The van der Waals surface area contributed by atoms with Gasteiger partial charge in [-0.1, -0.05) is 26.0 Å². The highest BCUT2D eigenvalue weighted by atomic mass is 32.2. The van der Waals surface area contributed by atoms with Crippen molar-refractivity contribution in [3.8, 4) is 0 Å². The topological polar surface area (TPSA) is 46.2 Å². The van der Waals surface area contributed by atoms with Gasteiger partial charge in [-0.15, -0.1) is 0 Å². The molecule has 0 bridgehead atoms. The van der Waals surface area contributed by atoms with Gasteiger partial charge in [0.2, 0.25) is 10.0 Å². The van der Waals surface area contributed by atoms with E-state index in [0.717, 1.165) is 25.3 Å². The second-order valence-corrected chi connectivity index (χ2v) is 7.34. The Labute approximate surface area is 107 Å². The second-order valence-electron chi connectivity index (χ2n) is 5.66. The van der Waals surface area contributed by atoms with Gasteiger partial charge in [0.1, 0.15) is 10.7 Å². The molecular formula is C13H18FNO2S. The summed E-state index contributed by atoms with van der Waals surface area (Å²) in [4.78, 5) is -0.269. The van der Waals surface area contributed by atoms with Crippen LogP contribution in [-0.4, -0.2) is 14.5 Å². The predicted molar refractivity (Wildman–Crippen MR) is 68.1 cm³/mol. The fourth-order valence-electron chi connectivity index (χ4n) is 2.48. The summed E-state index contributed by atoms with van der Waals surface area (Å²) in [6.07, 6.45) is 2.58. The summed E-state index contributed by atoms with van der Waals surface area (Å²) in [5.41, 5.74) is 0.155. The summed E-state index contributed by atoms with van der Waals surface area (Å²) >= 11 is 0. The Morgan fingerprint density at radius 3 is 2.56 bits per heavy atom. The molecule has 1 fully saturated rings. The minimum atomic E-state index is -3.75. The molecule has 1 aliphatic carbocycles. The Morgan fingerprint density at radius 2 is 2.00 bits per heavy atom. The standard InChI is InChI=1S/C13H18FNO2S/c1-13(2)8-7-10(9-13)15-18(16,17)12-6-4-3-5-11(12)14/h3-6,10,15H,7-9H2,1-2H3. The van der Waals surface area contributed by atoms with E-state index in [2.05, 4.69) is 18.6 Å². The van der Waals surface area contributed by atoms with Gasteiger partial charge in [0.15, 0.2) is 0 Å². The largest absolute Gasteiger partial charge is 0.243 e. The summed E-state index contributed by atoms with van der Waals surface area (Å²) in [6, 6.07) is 5.36. The maximum Gasteiger partial charge on any atom is 0.243 e. The molecule has 3 nitrogen and oxygen atoms in total. The fourth-order valence-corrected chi connectivity index (χ4v) is 3.83. The van der Waals surface area contributed by atoms with E-state index in [4.69, 9.17) is 0 Å². The zero-order chi connectivity index (χ0) is 13.4. The zero-order valence-electron chi connectivity index (χ0n) is 10.6. The molecule has 100 valence electrons. The number of hydrogen-bond donors (Lipinski definition) is 1. The minimum Gasteiger partial charge on any atom is -0.208 e. The van der Waals surface area contributed by atoms with Crippen LogP contribution in [0.15, 0.2) is 29.2 Å². The molecule has 18 heavy (non-hydrogen) atoms. The molecule has 0 aromatic heterocycles. The van der Waals surface area contributed by atoms with Crippen molar-refractivity contribution in [3.05, 3.63) is 30.1 Å². The van der Waals surface area contributed by atoms with Crippen LogP contribution in [0.3, 0.4) is 0 Å². The summed E-state index contributed by atoms with van der Waals surface area (Å²) in [7, 11) is -3.75. The van der Waals surface area contributed by atoms with Gasteiger partial charge in [0, 0.05) is 6.04 Å². The SMILES string of the molecule is CC1(C)CCC(NS(=O)(=O)c2ccccc2F)C1. The van der Waals surface area contributed by atoms with Crippen molar-refractivity contribution in [1.82, 2.24) is 4.72 Å². The maximum atomic E-state index is 13.5. The molecular weight excluding hydrogens is 253 g/mol. The first-order chi connectivity index (χ1) is 8.30. The third-order valence-corrected chi connectivity index (χ3v) is 4.97. The van der Waals surface area contributed by atoms with Gasteiger partial charge < -0.3 is 0 Å². The van der Waals surface area contributed by atoms with E-state index in [0.29, 0.717) is 0 Å². The number of sulfonamides is 1. The summed E-state index contributed by atoms with van der Waals surface area (Å²) in [5.74, 6) is -0.706. The van der Waals surface area contributed by atoms with E-state index in [1.165, 1.54) is 18.2 Å². The van der Waals surface area contributed by atoms with Crippen LogP contribution < -0.4 is 4.72 Å². The number of nitrogens with one attached hydrogen (secondary N) is 1. The van der Waals surface area contributed by atoms with E-state index < -0.39 is 15.8 Å². The molecule has 0 radical (unpaired) electrons. The molecule has 0 amide bonds. The van der Waals surface area contributed by atoms with E-state index in [-0.39, 0.29) is 16.4 Å². The average Bonchev–Trinajstić information content (AvgIpc) is 2.57. The number of halogens is 1. The molecule has 1 aromatic carbocycles. The lowest BCUT2D eigenvalue weighted by Gasteiger charge is -2.18. The van der Waals surface area contributed by atoms with Crippen LogP contribution in [0.5, 0.6) is 0 Å². The zero-order valence-corrected chi connectivity index (χ0v) is 11.4. The van der Waals surface area contributed by atoms with Crippen molar-refractivity contribution in [2.24, 2.45) is 5.41 Å². The van der Waals surface area contributed by atoms with Crippen molar-refractivity contribution in [1.29, 1.82) is 0 Å². The van der Waals surface area contributed by atoms with Crippen LogP contribution in [0.1, 0.15) is 33.1 Å². The predicted octanol–water partition coefficient (Wildman–Crippen LogP) is 2.68. The van der Waals surface area contributed by atoms with Crippen LogP contribution in [0.4, 0.5) is 4.39 Å². The molecule has 1 aromatic rings.